The molecule has 0 aliphatic carbocycles. The van der Waals surface area contributed by atoms with Gasteiger partial charge in [-0.25, -0.2) is 10.3 Å². The number of nitrogens with one attached hydrogen (secondary N) is 2. The van der Waals surface area contributed by atoms with Gasteiger partial charge in [-0.3, -0.25) is 15.3 Å². The van der Waals surface area contributed by atoms with Gasteiger partial charge < -0.3 is 24.1 Å². The van der Waals surface area contributed by atoms with E-state index in [1.165, 1.54) is 6.08 Å². The van der Waals surface area contributed by atoms with Crippen LogP contribution in [0.5, 0.6) is 17.2 Å². The molecule has 1 aliphatic rings. The van der Waals surface area contributed by atoms with Crippen molar-refractivity contribution in [2.45, 2.75) is 32.8 Å². The summed E-state index contributed by atoms with van der Waals surface area (Å²) in [6, 6.07) is 12.2. The van der Waals surface area contributed by atoms with Gasteiger partial charge in [-0.2, -0.15) is 0 Å². The summed E-state index contributed by atoms with van der Waals surface area (Å²) in [6.07, 6.45) is 2.70. The van der Waals surface area contributed by atoms with Gasteiger partial charge in [0.2, 0.25) is 6.79 Å². The highest BCUT2D eigenvalue weighted by Crippen LogP contribution is 2.41. The molecule has 0 spiro atoms. The van der Waals surface area contributed by atoms with E-state index in [1.54, 1.807) is 41.9 Å². The molecule has 188 valence electrons. The minimum absolute atomic E-state index is 0.0949. The first-order chi connectivity index (χ1) is 16.8. The van der Waals surface area contributed by atoms with Crippen molar-refractivity contribution in [3.05, 3.63) is 60.2 Å². The molecule has 3 rings (SSSR count). The van der Waals surface area contributed by atoms with Crippen LogP contribution in [0.4, 0.5) is 10.5 Å². The molecule has 0 fully saturated rings. The zero-order valence-corrected chi connectivity index (χ0v) is 19.7. The van der Waals surface area contributed by atoms with E-state index < -0.39 is 23.5 Å². The average Bonchev–Trinajstić information content (AvgIpc) is 3.32. The molecule has 0 aromatic heterocycles. The van der Waals surface area contributed by atoms with Crippen molar-refractivity contribution < 1.29 is 38.9 Å². The Morgan fingerprint density at radius 2 is 1.89 bits per heavy atom. The molecule has 0 saturated heterocycles. The summed E-state index contributed by atoms with van der Waals surface area (Å²) in [5.74, 6) is 1.12. The maximum absolute atomic E-state index is 12.9. The first kappa shape index (κ1) is 25.9. The minimum atomic E-state index is -0.641. The third-order valence-electron chi connectivity index (χ3n) is 5.43. The molecular weight excluding hydrogens is 456 g/mol. The summed E-state index contributed by atoms with van der Waals surface area (Å²) >= 11 is 0. The molecule has 0 saturated carbocycles. The number of rotatable bonds is 11. The smallest absolute Gasteiger partial charge is 0.412 e. The molecule has 1 atom stereocenters. The monoisotopic (exact) mass is 486 g/mol. The molecule has 2 aromatic rings. The predicted octanol–water partition coefficient (Wildman–Crippen LogP) is 3.94. The van der Waals surface area contributed by atoms with E-state index in [2.05, 4.69) is 5.32 Å². The third kappa shape index (κ3) is 7.36. The Kier molecular flexibility index (Phi) is 8.93. The van der Waals surface area contributed by atoms with Crippen LogP contribution in [0.2, 0.25) is 0 Å². The van der Waals surface area contributed by atoms with Crippen LogP contribution >= 0.6 is 0 Å². The first-order valence-corrected chi connectivity index (χ1v) is 11.1. The number of anilines is 1. The van der Waals surface area contributed by atoms with Gasteiger partial charge >= 0.3 is 6.09 Å². The van der Waals surface area contributed by atoms with Crippen LogP contribution in [-0.2, 0) is 9.53 Å². The Hall–Kier alpha value is -3.76. The summed E-state index contributed by atoms with van der Waals surface area (Å²) in [5.41, 5.74) is 2.28. The maximum Gasteiger partial charge on any atom is 0.412 e. The van der Waals surface area contributed by atoms with Crippen LogP contribution in [0.15, 0.2) is 54.6 Å². The Bertz CT molecular complexity index is 1040. The Labute approximate surface area is 203 Å². The molecule has 10 heteroatoms. The van der Waals surface area contributed by atoms with Crippen LogP contribution in [0.1, 0.15) is 38.4 Å². The number of hydrogen-bond acceptors (Lipinski definition) is 8. The Morgan fingerprint density at radius 1 is 1.14 bits per heavy atom. The second-order valence-corrected chi connectivity index (χ2v) is 8.53. The molecule has 1 aliphatic heterocycles. The molecule has 10 nitrogen and oxygen atoms in total. The van der Waals surface area contributed by atoms with E-state index in [0.29, 0.717) is 35.8 Å². The number of ether oxygens (including phenoxy) is 4. The molecule has 0 bridgehead atoms. The number of hydrogen-bond donors (Lipinski definition) is 4. The predicted molar refractivity (Wildman–Crippen MR) is 127 cm³/mol. The number of benzene rings is 2. The van der Waals surface area contributed by atoms with Crippen LogP contribution in [0, 0.1) is 5.41 Å². The standard InChI is InChI=1S/C25H30N2O8/c1-25(2,12-4-3-5-22(29)27-31)23(17-6-9-19(10-7-17)32-14-13-28)35-24(30)26-18-8-11-20-21(15-18)34-16-33-20/h3,5-11,15,23,28,31H,4,12-14,16H2,1-2H3,(H,26,30)(H,27,29)/b5-3+/t23-/m0/s1. The van der Waals surface area contributed by atoms with E-state index in [-0.39, 0.29) is 20.0 Å². The molecule has 0 radical (unpaired) electrons. The van der Waals surface area contributed by atoms with Crippen molar-refractivity contribution >= 4 is 17.7 Å². The fraction of sp³-hybridized carbons (Fsp3) is 0.360. The van der Waals surface area contributed by atoms with Gasteiger partial charge in [-0.15, -0.1) is 0 Å². The second-order valence-electron chi connectivity index (χ2n) is 8.53. The van der Waals surface area contributed by atoms with E-state index in [1.807, 2.05) is 26.0 Å². The van der Waals surface area contributed by atoms with E-state index >= 15 is 0 Å². The van der Waals surface area contributed by atoms with Crippen LogP contribution in [0.3, 0.4) is 0 Å². The topological polar surface area (TPSA) is 136 Å². The molecular formula is C25H30N2O8. The van der Waals surface area contributed by atoms with Crippen LogP contribution in [-0.4, -0.2) is 42.3 Å². The number of amides is 2. The number of allylic oxidation sites excluding steroid dienone is 1. The van der Waals surface area contributed by atoms with Crippen LogP contribution < -0.4 is 25.0 Å². The zero-order valence-electron chi connectivity index (χ0n) is 19.7. The quantitative estimate of drug-likeness (QED) is 0.213. The fourth-order valence-corrected chi connectivity index (χ4v) is 3.62. The molecule has 0 unspecified atom stereocenters. The Balaban J connectivity index is 1.75. The van der Waals surface area contributed by atoms with E-state index in [0.717, 1.165) is 5.56 Å². The number of aliphatic hydroxyl groups is 1. The fourth-order valence-electron chi connectivity index (χ4n) is 3.62. The maximum atomic E-state index is 12.9. The molecule has 2 amide bonds. The lowest BCUT2D eigenvalue weighted by molar-refractivity contribution is -0.124. The summed E-state index contributed by atoms with van der Waals surface area (Å²) in [7, 11) is 0. The molecule has 2 aromatic carbocycles. The van der Waals surface area contributed by atoms with Gasteiger partial charge in [-0.05, 0) is 42.7 Å². The number of carbonyl (C=O) groups excluding carboxylic acids is 2. The molecule has 35 heavy (non-hydrogen) atoms. The van der Waals surface area contributed by atoms with Gasteiger partial charge in [0, 0.05) is 23.2 Å². The second kappa shape index (κ2) is 12.1. The number of carbonyl (C=O) groups is 2. The summed E-state index contributed by atoms with van der Waals surface area (Å²) in [5, 5.41) is 20.3. The van der Waals surface area contributed by atoms with Crippen molar-refractivity contribution in [2.75, 3.05) is 25.3 Å². The lowest BCUT2D eigenvalue weighted by Crippen LogP contribution is -2.29. The highest BCUT2D eigenvalue weighted by molar-refractivity contribution is 5.86. The average molecular weight is 487 g/mol. The normalized spacial score (nSPS) is 13.4. The lowest BCUT2D eigenvalue weighted by atomic mass is 9.78. The van der Waals surface area contributed by atoms with Gasteiger partial charge in [0.15, 0.2) is 11.5 Å². The van der Waals surface area contributed by atoms with Crippen molar-refractivity contribution in [3.8, 4) is 17.2 Å². The zero-order chi connectivity index (χ0) is 25.3. The summed E-state index contributed by atoms with van der Waals surface area (Å²) < 4.78 is 22.0. The summed E-state index contributed by atoms with van der Waals surface area (Å²) in [4.78, 5) is 24.1. The van der Waals surface area contributed by atoms with Gasteiger partial charge in [-0.1, -0.05) is 32.1 Å². The van der Waals surface area contributed by atoms with Gasteiger partial charge in [0.05, 0.1) is 6.61 Å². The molecule has 1 heterocycles. The number of aliphatic hydroxyl groups excluding tert-OH is 1. The van der Waals surface area contributed by atoms with Gasteiger partial charge in [0.25, 0.3) is 5.91 Å². The first-order valence-electron chi connectivity index (χ1n) is 11.1. The SMILES string of the molecule is CC(C)(CC/C=C/C(=O)NO)[C@@H](OC(=O)Nc1ccc2c(c1)OCO2)c1ccc(OCCO)cc1. The van der Waals surface area contributed by atoms with Crippen molar-refractivity contribution in [1.29, 1.82) is 0 Å². The summed E-state index contributed by atoms with van der Waals surface area (Å²) in [6.45, 7) is 4.13. The van der Waals surface area contributed by atoms with Crippen molar-refractivity contribution in [2.24, 2.45) is 5.41 Å². The highest BCUT2D eigenvalue weighted by Gasteiger charge is 2.34. The van der Waals surface area contributed by atoms with Gasteiger partial charge in [0.1, 0.15) is 18.5 Å². The Morgan fingerprint density at radius 3 is 2.60 bits per heavy atom. The minimum Gasteiger partial charge on any atom is -0.491 e. The molecule has 4 N–H and O–H groups in total. The third-order valence-corrected chi connectivity index (χ3v) is 5.43. The largest absolute Gasteiger partial charge is 0.491 e. The lowest BCUT2D eigenvalue weighted by Gasteiger charge is -2.34. The van der Waals surface area contributed by atoms with E-state index in [4.69, 9.17) is 29.3 Å². The highest BCUT2D eigenvalue weighted by atomic mass is 16.7. The van der Waals surface area contributed by atoms with Crippen molar-refractivity contribution in [3.63, 3.8) is 0 Å². The van der Waals surface area contributed by atoms with E-state index in [9.17, 15) is 9.59 Å². The van der Waals surface area contributed by atoms with Crippen LogP contribution in [0.25, 0.3) is 0 Å². The van der Waals surface area contributed by atoms with Crippen molar-refractivity contribution in [1.82, 2.24) is 5.48 Å². The number of fused-ring (bicyclic) bond motifs is 1. The number of hydroxylamine groups is 1.